The van der Waals surface area contributed by atoms with E-state index in [0.717, 1.165) is 38.3 Å². The van der Waals surface area contributed by atoms with Crippen LogP contribution in [0.1, 0.15) is 58.1 Å². The second-order valence-electron chi connectivity index (χ2n) is 8.18. The molecule has 2 rings (SSSR count). The van der Waals surface area contributed by atoms with Crippen LogP contribution < -0.4 is 5.32 Å². The van der Waals surface area contributed by atoms with Crippen molar-refractivity contribution in [2.45, 2.75) is 58.8 Å². The van der Waals surface area contributed by atoms with Crippen LogP contribution in [0.3, 0.4) is 0 Å². The zero-order valence-corrected chi connectivity index (χ0v) is 16.4. The SMILES string of the molecule is C=C(C(=O)NCC)N1CCC(CCc2ccccc2C(C)(C)C)CC1. The normalized spacial score (nSPS) is 15.9. The van der Waals surface area contributed by atoms with Gasteiger partial charge in [0.2, 0.25) is 0 Å². The molecule has 1 amide bonds. The van der Waals surface area contributed by atoms with Gasteiger partial charge in [-0.1, -0.05) is 51.6 Å². The number of rotatable bonds is 6. The summed E-state index contributed by atoms with van der Waals surface area (Å²) in [5.41, 5.74) is 3.78. The molecule has 0 radical (unpaired) electrons. The molecule has 3 heteroatoms. The van der Waals surface area contributed by atoms with Gasteiger partial charge in [0.1, 0.15) is 0 Å². The average molecular weight is 343 g/mol. The molecule has 1 heterocycles. The maximum Gasteiger partial charge on any atom is 0.266 e. The first kappa shape index (κ1) is 19.6. The second kappa shape index (κ2) is 8.55. The van der Waals surface area contributed by atoms with E-state index in [2.05, 4.69) is 61.8 Å². The summed E-state index contributed by atoms with van der Waals surface area (Å²) in [5.74, 6) is 0.714. The molecule has 0 spiro atoms. The molecule has 25 heavy (non-hydrogen) atoms. The molecule has 0 bridgehead atoms. The Morgan fingerprint density at radius 2 is 1.88 bits per heavy atom. The molecule has 1 aromatic rings. The van der Waals surface area contributed by atoms with Gasteiger partial charge >= 0.3 is 0 Å². The van der Waals surface area contributed by atoms with Gasteiger partial charge in [0.15, 0.2) is 0 Å². The van der Waals surface area contributed by atoms with Gasteiger partial charge in [-0.05, 0) is 55.1 Å². The molecule has 1 aromatic carbocycles. The summed E-state index contributed by atoms with van der Waals surface area (Å²) in [4.78, 5) is 14.1. The van der Waals surface area contributed by atoms with Crippen LogP contribution in [0, 0.1) is 5.92 Å². The molecule has 0 atom stereocenters. The van der Waals surface area contributed by atoms with Crippen LogP contribution in [0.2, 0.25) is 0 Å². The van der Waals surface area contributed by atoms with Crippen molar-refractivity contribution in [1.82, 2.24) is 10.2 Å². The molecule has 1 saturated heterocycles. The number of nitrogens with one attached hydrogen (secondary N) is 1. The van der Waals surface area contributed by atoms with E-state index in [0.29, 0.717) is 12.2 Å². The van der Waals surface area contributed by atoms with Gasteiger partial charge in [0.25, 0.3) is 5.91 Å². The Morgan fingerprint density at radius 1 is 1.24 bits per heavy atom. The van der Waals surface area contributed by atoms with Gasteiger partial charge in [0.05, 0.1) is 5.70 Å². The van der Waals surface area contributed by atoms with Gasteiger partial charge in [0, 0.05) is 19.6 Å². The van der Waals surface area contributed by atoms with E-state index in [-0.39, 0.29) is 11.3 Å². The highest BCUT2D eigenvalue weighted by atomic mass is 16.2. The Hall–Kier alpha value is -1.77. The molecule has 0 saturated carbocycles. The largest absolute Gasteiger partial charge is 0.368 e. The van der Waals surface area contributed by atoms with Crippen molar-refractivity contribution in [3.8, 4) is 0 Å². The van der Waals surface area contributed by atoms with E-state index in [9.17, 15) is 4.79 Å². The third kappa shape index (κ3) is 5.35. The fourth-order valence-electron chi connectivity index (χ4n) is 3.73. The molecule has 1 aliphatic heterocycles. The Kier molecular flexibility index (Phi) is 6.69. The zero-order chi connectivity index (χ0) is 18.4. The van der Waals surface area contributed by atoms with E-state index in [1.807, 2.05) is 6.92 Å². The van der Waals surface area contributed by atoms with E-state index < -0.39 is 0 Å². The van der Waals surface area contributed by atoms with Crippen LogP contribution in [0.5, 0.6) is 0 Å². The van der Waals surface area contributed by atoms with Crippen LogP contribution in [0.4, 0.5) is 0 Å². The van der Waals surface area contributed by atoms with Crippen molar-refractivity contribution in [2.24, 2.45) is 5.92 Å². The quantitative estimate of drug-likeness (QED) is 0.783. The Morgan fingerprint density at radius 3 is 2.48 bits per heavy atom. The average Bonchev–Trinajstić information content (AvgIpc) is 2.59. The maximum atomic E-state index is 11.9. The summed E-state index contributed by atoms with van der Waals surface area (Å²) < 4.78 is 0. The van der Waals surface area contributed by atoms with Crippen molar-refractivity contribution in [2.75, 3.05) is 19.6 Å². The standard InChI is InChI=1S/C22H34N2O/c1-6-23-21(25)17(2)24-15-13-18(14-16-24)11-12-19-9-7-8-10-20(19)22(3,4)5/h7-10,18H,2,6,11-16H2,1,3-5H3,(H,23,25). The monoisotopic (exact) mass is 342 g/mol. The summed E-state index contributed by atoms with van der Waals surface area (Å²) in [7, 11) is 0. The first-order chi connectivity index (χ1) is 11.8. The van der Waals surface area contributed by atoms with Crippen LogP contribution in [0.15, 0.2) is 36.5 Å². The predicted molar refractivity (Wildman–Crippen MR) is 106 cm³/mol. The lowest BCUT2D eigenvalue weighted by molar-refractivity contribution is -0.119. The van der Waals surface area contributed by atoms with Gasteiger partial charge in [-0.15, -0.1) is 0 Å². The van der Waals surface area contributed by atoms with Crippen molar-refractivity contribution in [3.63, 3.8) is 0 Å². The lowest BCUT2D eigenvalue weighted by atomic mass is 9.81. The number of hydrogen-bond donors (Lipinski definition) is 1. The lowest BCUT2D eigenvalue weighted by Gasteiger charge is -2.34. The summed E-state index contributed by atoms with van der Waals surface area (Å²) in [6.45, 7) is 15.3. The van der Waals surface area contributed by atoms with Crippen molar-refractivity contribution in [1.29, 1.82) is 0 Å². The van der Waals surface area contributed by atoms with Gasteiger partial charge in [-0.3, -0.25) is 4.79 Å². The fourth-order valence-corrected chi connectivity index (χ4v) is 3.73. The fraction of sp³-hybridized carbons (Fsp3) is 0.591. The molecule has 1 aliphatic rings. The van der Waals surface area contributed by atoms with Crippen molar-refractivity contribution < 1.29 is 4.79 Å². The van der Waals surface area contributed by atoms with Crippen molar-refractivity contribution >= 4 is 5.91 Å². The molecule has 3 nitrogen and oxygen atoms in total. The number of carbonyl (C=O) groups is 1. The number of nitrogens with zero attached hydrogens (tertiary/aromatic N) is 1. The molecule has 138 valence electrons. The Bertz CT molecular complexity index is 592. The highest BCUT2D eigenvalue weighted by Crippen LogP contribution is 2.29. The first-order valence-electron chi connectivity index (χ1n) is 9.63. The highest BCUT2D eigenvalue weighted by molar-refractivity contribution is 5.92. The van der Waals surface area contributed by atoms with Crippen LogP contribution in [-0.2, 0) is 16.6 Å². The summed E-state index contributed by atoms with van der Waals surface area (Å²) in [5, 5.41) is 2.84. The van der Waals surface area contributed by atoms with Crippen LogP contribution in [-0.4, -0.2) is 30.4 Å². The van der Waals surface area contributed by atoms with Crippen LogP contribution in [0.25, 0.3) is 0 Å². The molecule has 1 fully saturated rings. The van der Waals surface area contributed by atoms with Gasteiger partial charge in [-0.2, -0.15) is 0 Å². The third-order valence-corrected chi connectivity index (χ3v) is 5.24. The minimum atomic E-state index is -0.0277. The molecule has 0 aromatic heterocycles. The smallest absolute Gasteiger partial charge is 0.266 e. The van der Waals surface area contributed by atoms with Crippen LogP contribution >= 0.6 is 0 Å². The number of amides is 1. The summed E-state index contributed by atoms with van der Waals surface area (Å²) in [6, 6.07) is 8.86. The predicted octanol–water partition coefficient (Wildman–Crippen LogP) is 4.28. The van der Waals surface area contributed by atoms with E-state index in [4.69, 9.17) is 0 Å². The molecule has 1 N–H and O–H groups in total. The number of hydrogen-bond acceptors (Lipinski definition) is 2. The minimum absolute atomic E-state index is 0.0277. The second-order valence-corrected chi connectivity index (χ2v) is 8.18. The van der Waals surface area contributed by atoms with Gasteiger partial charge in [-0.25, -0.2) is 0 Å². The minimum Gasteiger partial charge on any atom is -0.368 e. The summed E-state index contributed by atoms with van der Waals surface area (Å²) >= 11 is 0. The lowest BCUT2D eigenvalue weighted by Crippen LogP contribution is -2.39. The number of likely N-dealkylation sites (tertiary alicyclic amines) is 1. The zero-order valence-electron chi connectivity index (χ0n) is 16.4. The summed E-state index contributed by atoms with van der Waals surface area (Å²) in [6.07, 6.45) is 4.68. The Balaban J connectivity index is 1.86. The molecule has 0 unspecified atom stereocenters. The number of aryl methyl sites for hydroxylation is 1. The Labute approximate surface area is 153 Å². The maximum absolute atomic E-state index is 11.9. The van der Waals surface area contributed by atoms with E-state index >= 15 is 0 Å². The third-order valence-electron chi connectivity index (χ3n) is 5.24. The number of carbonyl (C=O) groups excluding carboxylic acids is 1. The molecule has 0 aliphatic carbocycles. The highest BCUT2D eigenvalue weighted by Gasteiger charge is 2.23. The topological polar surface area (TPSA) is 32.3 Å². The number of piperidine rings is 1. The molecular formula is C22H34N2O. The van der Waals surface area contributed by atoms with E-state index in [1.54, 1.807) is 0 Å². The van der Waals surface area contributed by atoms with E-state index in [1.165, 1.54) is 17.5 Å². The number of benzene rings is 1. The van der Waals surface area contributed by atoms with Gasteiger partial charge < -0.3 is 10.2 Å². The first-order valence-corrected chi connectivity index (χ1v) is 9.63. The van der Waals surface area contributed by atoms with Crippen molar-refractivity contribution in [3.05, 3.63) is 47.7 Å². The molecular weight excluding hydrogens is 308 g/mol. The number of likely N-dealkylation sites (N-methyl/N-ethyl adjacent to an activating group) is 1.